The van der Waals surface area contributed by atoms with Gasteiger partial charge in [0.25, 0.3) is 15.9 Å². The average Bonchev–Trinajstić information content (AvgIpc) is 3.49. The van der Waals surface area contributed by atoms with Crippen molar-refractivity contribution < 1.29 is 22.4 Å². The molecular weight excluding hydrogens is 576 g/mol. The molecule has 2 aromatic heterocycles. The molecule has 2 aliphatic heterocycles. The van der Waals surface area contributed by atoms with Crippen LogP contribution in [0, 0.1) is 11.3 Å². The Morgan fingerprint density at radius 3 is 2.83 bits per heavy atom. The van der Waals surface area contributed by atoms with E-state index in [2.05, 4.69) is 16.4 Å². The van der Waals surface area contributed by atoms with Crippen molar-refractivity contribution >= 4 is 54.9 Å². The van der Waals surface area contributed by atoms with Gasteiger partial charge in [-0.05, 0) is 24.4 Å². The van der Waals surface area contributed by atoms with Gasteiger partial charge >= 0.3 is 5.91 Å². The smallest absolute Gasteiger partial charge is 0.310 e. The maximum atomic E-state index is 14.0. The van der Waals surface area contributed by atoms with E-state index in [1.54, 1.807) is 32.3 Å². The van der Waals surface area contributed by atoms with Crippen molar-refractivity contribution in [3.8, 4) is 6.07 Å². The van der Waals surface area contributed by atoms with Crippen molar-refractivity contribution in [3.05, 3.63) is 46.1 Å². The molecule has 2 aliphatic rings. The van der Waals surface area contributed by atoms with Crippen LogP contribution in [0.15, 0.2) is 26.8 Å². The molecule has 2 amide bonds. The minimum absolute atomic E-state index is 0.0146. The van der Waals surface area contributed by atoms with Gasteiger partial charge in [-0.2, -0.15) is 9.57 Å². The van der Waals surface area contributed by atoms with E-state index in [9.17, 15) is 23.3 Å². The van der Waals surface area contributed by atoms with E-state index in [4.69, 9.17) is 16.0 Å². The normalized spacial score (nSPS) is 19.8. The van der Waals surface area contributed by atoms with Gasteiger partial charge in [0.15, 0.2) is 0 Å². The second-order valence-corrected chi connectivity index (χ2v) is 13.8. The first kappa shape index (κ1) is 28.5. The molecule has 4 heterocycles. The number of amides is 2. The Kier molecular flexibility index (Phi) is 7.91. The van der Waals surface area contributed by atoms with Crippen LogP contribution in [0.1, 0.15) is 41.0 Å². The molecule has 0 spiro atoms. The van der Waals surface area contributed by atoms with Crippen molar-refractivity contribution in [1.29, 1.82) is 5.26 Å². The zero-order chi connectivity index (χ0) is 28.8. The maximum absolute atomic E-state index is 14.0. The highest BCUT2D eigenvalue weighted by Gasteiger charge is 2.41. The summed E-state index contributed by atoms with van der Waals surface area (Å²) in [6.07, 6.45) is 0.475. The number of hydrogen-bond acceptors (Lipinski definition) is 9. The number of hydrogen-bond donors (Lipinski definition) is 1. The third kappa shape index (κ3) is 5.34. The average molecular weight is 605 g/mol. The molecule has 212 valence electrons. The second-order valence-electron chi connectivity index (χ2n) is 10.2. The van der Waals surface area contributed by atoms with Crippen LogP contribution < -0.4 is 5.32 Å². The van der Waals surface area contributed by atoms with Gasteiger partial charge in [-0.25, -0.2) is 13.4 Å². The number of nitrogens with one attached hydrogen (secondary N) is 1. The lowest BCUT2D eigenvalue weighted by Crippen LogP contribution is -2.57. The lowest BCUT2D eigenvalue weighted by Gasteiger charge is -2.40. The first-order valence-electron chi connectivity index (χ1n) is 12.8. The van der Waals surface area contributed by atoms with Crippen LogP contribution in [0.5, 0.6) is 0 Å². The highest BCUT2D eigenvalue weighted by Crippen LogP contribution is 2.38. The summed E-state index contributed by atoms with van der Waals surface area (Å²) in [5.41, 5.74) is 1.15. The van der Waals surface area contributed by atoms with Gasteiger partial charge in [-0.3, -0.25) is 9.59 Å². The van der Waals surface area contributed by atoms with Crippen LogP contribution in [0.25, 0.3) is 10.1 Å². The first-order chi connectivity index (χ1) is 19.0. The van der Waals surface area contributed by atoms with E-state index in [0.29, 0.717) is 39.4 Å². The molecular formula is C26H29ClN6O5S2. The molecule has 5 rings (SSSR count). The molecule has 0 bridgehead atoms. The summed E-state index contributed by atoms with van der Waals surface area (Å²) >= 11 is 7.21. The highest BCUT2D eigenvalue weighted by molar-refractivity contribution is 7.91. The summed E-state index contributed by atoms with van der Waals surface area (Å²) in [6.45, 7) is 2.47. The molecule has 0 aliphatic carbocycles. The number of thiophene rings is 1. The topological polar surface area (TPSA) is 140 Å². The number of oxazole rings is 1. The van der Waals surface area contributed by atoms with E-state index >= 15 is 0 Å². The van der Waals surface area contributed by atoms with E-state index < -0.39 is 22.0 Å². The fraction of sp³-hybridized carbons (Fsp3) is 0.462. The minimum atomic E-state index is -4.05. The predicted molar refractivity (Wildman–Crippen MR) is 150 cm³/mol. The Bertz CT molecular complexity index is 1630. The van der Waals surface area contributed by atoms with E-state index in [-0.39, 0.29) is 54.5 Å². The van der Waals surface area contributed by atoms with Crippen LogP contribution in [-0.4, -0.2) is 85.1 Å². The monoisotopic (exact) mass is 604 g/mol. The molecule has 11 nitrogen and oxygen atoms in total. The molecule has 1 aromatic carbocycles. The van der Waals surface area contributed by atoms with E-state index in [1.807, 2.05) is 6.92 Å². The summed E-state index contributed by atoms with van der Waals surface area (Å²) in [5, 5.41) is 13.8. The Hall–Kier alpha value is -3.02. The number of carbonyl (C=O) groups is 2. The van der Waals surface area contributed by atoms with Crippen LogP contribution >= 0.6 is 22.9 Å². The summed E-state index contributed by atoms with van der Waals surface area (Å²) in [6, 6.07) is 6.60. The number of nitriles is 1. The minimum Gasteiger partial charge on any atom is -0.436 e. The summed E-state index contributed by atoms with van der Waals surface area (Å²) in [7, 11) is -0.834. The number of carbonyl (C=O) groups excluding carboxylic acids is 2. The number of halogens is 1. The molecule has 1 N–H and O–H groups in total. The predicted octanol–water partition coefficient (Wildman–Crippen LogP) is 2.64. The molecule has 2 atom stereocenters. The lowest BCUT2D eigenvalue weighted by molar-refractivity contribution is -0.130. The van der Waals surface area contributed by atoms with Crippen LogP contribution in [0.4, 0.5) is 0 Å². The standard InChI is InChI=1S/C26H29ClN6O5S2/c1-15-10-20-21(13-29-15)38-24(30-20)25(35)33-9-8-32(14-17(33)12-23(34)31(2)3)40(36,37)26-19(6-7-28)18-5-4-16(27)11-22(18)39-26/h4-5,11,15,17,29H,6,8-10,12-14H2,1-3H3. The van der Waals surface area contributed by atoms with Crippen LogP contribution in [-0.2, 0) is 34.2 Å². The Labute approximate surface area is 241 Å². The molecule has 0 radical (unpaired) electrons. The Morgan fingerprint density at radius 2 is 2.10 bits per heavy atom. The Balaban J connectivity index is 1.46. The number of benzene rings is 1. The van der Waals surface area contributed by atoms with Gasteiger partial charge < -0.3 is 19.5 Å². The fourth-order valence-corrected chi connectivity index (χ4v) is 8.72. The van der Waals surface area contributed by atoms with Crippen molar-refractivity contribution in [2.24, 2.45) is 0 Å². The largest absolute Gasteiger partial charge is 0.436 e. The lowest BCUT2D eigenvalue weighted by atomic mass is 10.1. The van der Waals surface area contributed by atoms with Gasteiger partial charge in [-0.15, -0.1) is 11.3 Å². The van der Waals surface area contributed by atoms with Crippen LogP contribution in [0.3, 0.4) is 0 Å². The molecule has 0 saturated carbocycles. The fourth-order valence-electron chi connectivity index (χ4n) is 5.07. The maximum Gasteiger partial charge on any atom is 0.310 e. The number of aromatic nitrogens is 1. The quantitative estimate of drug-likeness (QED) is 0.453. The zero-order valence-corrected chi connectivity index (χ0v) is 24.7. The van der Waals surface area contributed by atoms with Crippen LogP contribution in [0.2, 0.25) is 5.02 Å². The van der Waals surface area contributed by atoms with Crippen molar-refractivity contribution in [3.63, 3.8) is 0 Å². The third-order valence-electron chi connectivity index (χ3n) is 7.24. The first-order valence-corrected chi connectivity index (χ1v) is 15.4. The summed E-state index contributed by atoms with van der Waals surface area (Å²) in [5.74, 6) is -0.165. The molecule has 40 heavy (non-hydrogen) atoms. The number of rotatable bonds is 6. The van der Waals surface area contributed by atoms with Crippen molar-refractivity contribution in [2.45, 2.75) is 49.0 Å². The van der Waals surface area contributed by atoms with Gasteiger partial charge in [0, 0.05) is 67.9 Å². The number of fused-ring (bicyclic) bond motifs is 2. The number of sulfonamides is 1. The molecule has 2 unspecified atom stereocenters. The van der Waals surface area contributed by atoms with E-state index in [0.717, 1.165) is 17.0 Å². The number of nitrogens with zero attached hydrogens (tertiary/aromatic N) is 5. The van der Waals surface area contributed by atoms with Crippen molar-refractivity contribution in [2.75, 3.05) is 33.7 Å². The zero-order valence-electron chi connectivity index (χ0n) is 22.3. The third-order valence-corrected chi connectivity index (χ3v) is 11.1. The summed E-state index contributed by atoms with van der Waals surface area (Å²) in [4.78, 5) is 33.7. The molecule has 1 fully saturated rings. The summed E-state index contributed by atoms with van der Waals surface area (Å²) < 4.78 is 35.8. The van der Waals surface area contributed by atoms with Gasteiger partial charge in [-0.1, -0.05) is 17.7 Å². The highest BCUT2D eigenvalue weighted by atomic mass is 35.5. The van der Waals surface area contributed by atoms with Gasteiger partial charge in [0.2, 0.25) is 5.91 Å². The number of piperazine rings is 1. The van der Waals surface area contributed by atoms with E-state index in [1.165, 1.54) is 14.1 Å². The Morgan fingerprint density at radius 1 is 1.32 bits per heavy atom. The molecule has 1 saturated heterocycles. The van der Waals surface area contributed by atoms with Gasteiger partial charge in [0.05, 0.1) is 30.8 Å². The van der Waals surface area contributed by atoms with Crippen molar-refractivity contribution in [1.82, 2.24) is 24.4 Å². The molecule has 14 heteroatoms. The molecule has 3 aromatic rings. The van der Waals surface area contributed by atoms with Gasteiger partial charge in [0.1, 0.15) is 9.97 Å². The SMILES string of the molecule is CC1Cc2nc(C(=O)N3CCN(S(=O)(=O)c4sc5cc(Cl)ccc5c4CC#N)CC3CC(=O)N(C)C)oc2CN1. The second kappa shape index (κ2) is 11.1.